The maximum atomic E-state index is 5.67. The van der Waals surface area contributed by atoms with Crippen LogP contribution in [0.1, 0.15) is 24.5 Å². The third-order valence-corrected chi connectivity index (χ3v) is 3.56. The van der Waals surface area contributed by atoms with Crippen molar-refractivity contribution < 1.29 is 4.74 Å². The largest absolute Gasteiger partial charge is 0.492 e. The summed E-state index contributed by atoms with van der Waals surface area (Å²) < 4.78 is 5.67. The molecular weight excluding hydrogens is 258 g/mol. The first-order chi connectivity index (χ1) is 10.2. The van der Waals surface area contributed by atoms with Crippen LogP contribution in [0.15, 0.2) is 54.6 Å². The van der Waals surface area contributed by atoms with Crippen LogP contribution in [0.5, 0.6) is 5.75 Å². The Kier molecular flexibility index (Phi) is 6.29. The van der Waals surface area contributed by atoms with E-state index in [2.05, 4.69) is 43.4 Å². The maximum absolute atomic E-state index is 5.67. The zero-order valence-corrected chi connectivity index (χ0v) is 13.0. The van der Waals surface area contributed by atoms with Crippen LogP contribution in [0, 0.1) is 6.92 Å². The Morgan fingerprint density at radius 1 is 1.05 bits per heavy atom. The Hall–Kier alpha value is -1.80. The van der Waals surface area contributed by atoms with Gasteiger partial charge in [-0.3, -0.25) is 0 Å². The highest BCUT2D eigenvalue weighted by Gasteiger charge is 2.02. The molecule has 2 heteroatoms. The van der Waals surface area contributed by atoms with E-state index in [1.165, 1.54) is 11.1 Å². The van der Waals surface area contributed by atoms with Gasteiger partial charge in [0.15, 0.2) is 0 Å². The molecule has 2 nitrogen and oxygen atoms in total. The third kappa shape index (κ3) is 6.01. The summed E-state index contributed by atoms with van der Waals surface area (Å²) in [6, 6.07) is 19.2. The number of hydrogen-bond donors (Lipinski definition) is 1. The van der Waals surface area contributed by atoms with Crippen molar-refractivity contribution in [3.63, 3.8) is 0 Å². The van der Waals surface area contributed by atoms with Gasteiger partial charge in [-0.2, -0.15) is 0 Å². The van der Waals surface area contributed by atoms with Gasteiger partial charge in [-0.1, -0.05) is 48.0 Å². The van der Waals surface area contributed by atoms with E-state index in [-0.39, 0.29) is 0 Å². The Bertz CT molecular complexity index is 524. The van der Waals surface area contributed by atoms with Crippen molar-refractivity contribution in [2.75, 3.05) is 13.2 Å². The van der Waals surface area contributed by atoms with Gasteiger partial charge in [0.25, 0.3) is 0 Å². The van der Waals surface area contributed by atoms with Gasteiger partial charge in [-0.05, 0) is 44.4 Å². The highest BCUT2D eigenvalue weighted by molar-refractivity contribution is 5.22. The lowest BCUT2D eigenvalue weighted by Crippen LogP contribution is -2.30. The molecule has 0 amide bonds. The van der Waals surface area contributed by atoms with Crippen LogP contribution in [-0.4, -0.2) is 19.2 Å². The van der Waals surface area contributed by atoms with E-state index < -0.39 is 0 Å². The molecule has 2 rings (SSSR count). The fourth-order valence-electron chi connectivity index (χ4n) is 2.34. The molecule has 0 saturated heterocycles. The van der Waals surface area contributed by atoms with Gasteiger partial charge >= 0.3 is 0 Å². The molecule has 2 aromatic rings. The van der Waals surface area contributed by atoms with Crippen LogP contribution in [-0.2, 0) is 6.42 Å². The molecule has 1 atom stereocenters. The first kappa shape index (κ1) is 15.6. The Morgan fingerprint density at radius 3 is 2.62 bits per heavy atom. The monoisotopic (exact) mass is 283 g/mol. The molecule has 0 aliphatic heterocycles. The van der Waals surface area contributed by atoms with E-state index in [1.54, 1.807) is 0 Å². The molecule has 0 saturated carbocycles. The standard InChI is InChI=1S/C19H25NO/c1-16-7-6-8-18(15-16)12-11-17(2)20-13-14-21-19-9-4-3-5-10-19/h3-10,15,17,20H,11-14H2,1-2H3. The van der Waals surface area contributed by atoms with Crippen molar-refractivity contribution >= 4 is 0 Å². The lowest BCUT2D eigenvalue weighted by molar-refractivity contribution is 0.305. The van der Waals surface area contributed by atoms with Crippen LogP contribution in [0.25, 0.3) is 0 Å². The summed E-state index contributed by atoms with van der Waals surface area (Å²) >= 11 is 0. The van der Waals surface area contributed by atoms with Gasteiger partial charge in [0, 0.05) is 12.6 Å². The number of aryl methyl sites for hydroxylation is 2. The molecule has 0 aliphatic rings. The summed E-state index contributed by atoms with van der Waals surface area (Å²) in [5, 5.41) is 3.51. The number of para-hydroxylation sites is 1. The predicted molar refractivity (Wildman–Crippen MR) is 88.9 cm³/mol. The maximum Gasteiger partial charge on any atom is 0.119 e. The summed E-state index contributed by atoms with van der Waals surface area (Å²) in [6.45, 7) is 5.97. The van der Waals surface area contributed by atoms with Crippen molar-refractivity contribution in [1.29, 1.82) is 0 Å². The second-order valence-electron chi connectivity index (χ2n) is 5.54. The zero-order chi connectivity index (χ0) is 14.9. The summed E-state index contributed by atoms with van der Waals surface area (Å²) in [6.07, 6.45) is 2.27. The summed E-state index contributed by atoms with van der Waals surface area (Å²) in [5.74, 6) is 0.937. The molecule has 0 radical (unpaired) electrons. The van der Waals surface area contributed by atoms with E-state index in [0.29, 0.717) is 12.6 Å². The quantitative estimate of drug-likeness (QED) is 0.740. The Labute approximate surface area is 128 Å². The van der Waals surface area contributed by atoms with E-state index in [0.717, 1.165) is 25.1 Å². The van der Waals surface area contributed by atoms with Crippen LogP contribution in [0.4, 0.5) is 0 Å². The third-order valence-electron chi connectivity index (χ3n) is 3.56. The van der Waals surface area contributed by atoms with Gasteiger partial charge < -0.3 is 10.1 Å². The van der Waals surface area contributed by atoms with Gasteiger partial charge in [-0.25, -0.2) is 0 Å². The first-order valence-corrected chi connectivity index (χ1v) is 7.71. The molecule has 0 fully saturated rings. The lowest BCUT2D eigenvalue weighted by atomic mass is 10.0. The van der Waals surface area contributed by atoms with Crippen molar-refractivity contribution in [2.24, 2.45) is 0 Å². The lowest BCUT2D eigenvalue weighted by Gasteiger charge is -2.14. The average Bonchev–Trinajstić information content (AvgIpc) is 2.51. The summed E-state index contributed by atoms with van der Waals surface area (Å²) in [4.78, 5) is 0. The zero-order valence-electron chi connectivity index (χ0n) is 13.0. The van der Waals surface area contributed by atoms with Crippen molar-refractivity contribution in [2.45, 2.75) is 32.7 Å². The molecule has 112 valence electrons. The van der Waals surface area contributed by atoms with Gasteiger partial charge in [0.2, 0.25) is 0 Å². The second-order valence-corrected chi connectivity index (χ2v) is 5.54. The molecule has 0 spiro atoms. The first-order valence-electron chi connectivity index (χ1n) is 7.71. The van der Waals surface area contributed by atoms with Crippen LogP contribution in [0.3, 0.4) is 0 Å². The highest BCUT2D eigenvalue weighted by Crippen LogP contribution is 2.09. The van der Waals surface area contributed by atoms with E-state index in [4.69, 9.17) is 4.74 Å². The Morgan fingerprint density at radius 2 is 1.86 bits per heavy atom. The smallest absolute Gasteiger partial charge is 0.119 e. The van der Waals surface area contributed by atoms with Crippen LogP contribution >= 0.6 is 0 Å². The molecule has 1 N–H and O–H groups in total. The Balaban J connectivity index is 1.60. The van der Waals surface area contributed by atoms with Crippen molar-refractivity contribution in [1.82, 2.24) is 5.32 Å². The fourth-order valence-corrected chi connectivity index (χ4v) is 2.34. The molecular formula is C19H25NO. The number of nitrogens with one attached hydrogen (secondary N) is 1. The van der Waals surface area contributed by atoms with E-state index in [9.17, 15) is 0 Å². The molecule has 0 aliphatic carbocycles. The fraction of sp³-hybridized carbons (Fsp3) is 0.368. The van der Waals surface area contributed by atoms with E-state index in [1.807, 2.05) is 30.3 Å². The normalized spacial score (nSPS) is 12.1. The number of benzene rings is 2. The van der Waals surface area contributed by atoms with Crippen LogP contribution < -0.4 is 10.1 Å². The SMILES string of the molecule is Cc1cccc(CCC(C)NCCOc2ccccc2)c1. The molecule has 21 heavy (non-hydrogen) atoms. The summed E-state index contributed by atoms with van der Waals surface area (Å²) in [7, 11) is 0. The van der Waals surface area contributed by atoms with Gasteiger partial charge in [-0.15, -0.1) is 0 Å². The molecule has 2 aromatic carbocycles. The number of hydrogen-bond acceptors (Lipinski definition) is 2. The summed E-state index contributed by atoms with van der Waals surface area (Å²) in [5.41, 5.74) is 2.76. The topological polar surface area (TPSA) is 21.3 Å². The minimum atomic E-state index is 0.505. The van der Waals surface area contributed by atoms with Crippen molar-refractivity contribution in [3.8, 4) is 5.75 Å². The predicted octanol–water partition coefficient (Wildman–Crippen LogP) is 3.98. The highest BCUT2D eigenvalue weighted by atomic mass is 16.5. The van der Waals surface area contributed by atoms with Gasteiger partial charge in [0.1, 0.15) is 12.4 Å². The average molecular weight is 283 g/mol. The van der Waals surface area contributed by atoms with Crippen molar-refractivity contribution in [3.05, 3.63) is 65.7 Å². The van der Waals surface area contributed by atoms with E-state index >= 15 is 0 Å². The molecule has 0 heterocycles. The van der Waals surface area contributed by atoms with Gasteiger partial charge in [0.05, 0.1) is 0 Å². The number of ether oxygens (including phenoxy) is 1. The minimum Gasteiger partial charge on any atom is -0.492 e. The van der Waals surface area contributed by atoms with Crippen LogP contribution in [0.2, 0.25) is 0 Å². The minimum absolute atomic E-state index is 0.505. The molecule has 0 aromatic heterocycles. The number of rotatable bonds is 8. The molecule has 0 bridgehead atoms. The molecule has 1 unspecified atom stereocenters. The second kappa shape index (κ2) is 8.48.